The van der Waals surface area contributed by atoms with Crippen LogP contribution in [-0.2, 0) is 24.7 Å². The van der Waals surface area contributed by atoms with Crippen LogP contribution in [0.1, 0.15) is 213 Å². The number of unbranched alkanes of at least 4 members (excludes halogenated alkanes) is 25. The van der Waals surface area contributed by atoms with Crippen LogP contribution in [0.15, 0.2) is 24.3 Å². The minimum atomic E-state index is -4.92. The van der Waals surface area contributed by atoms with E-state index >= 15 is 0 Å². The summed E-state index contributed by atoms with van der Waals surface area (Å²) in [4.78, 5) is 13.0. The Kier molecular flexibility index (Phi) is 46.5. The van der Waals surface area contributed by atoms with Crippen molar-refractivity contribution in [3.63, 3.8) is 0 Å². The minimum Gasteiger partial charge on any atom is -0.726 e. The second kappa shape index (κ2) is 45.3. The molecular weight excluding hydrogens is 838 g/mol. The molecule has 4 unspecified atom stereocenters. The van der Waals surface area contributed by atoms with Crippen molar-refractivity contribution in [2.45, 2.75) is 256 Å². The van der Waals surface area contributed by atoms with Crippen LogP contribution in [0.5, 0.6) is 0 Å². The fraction of sp³-hybridized carbons (Fsp3) is 0.875. The Morgan fingerprint density at radius 2 is 1.11 bits per heavy atom. The molecule has 7 N–H and O–H groups in total. The van der Waals surface area contributed by atoms with Gasteiger partial charge in [0.05, 0.1) is 31.5 Å². The second-order valence-electron chi connectivity index (χ2n) is 17.2. The van der Waals surface area contributed by atoms with Gasteiger partial charge in [-0.15, -0.1) is 0 Å². The molecule has 0 aromatic rings. The van der Waals surface area contributed by atoms with E-state index in [9.17, 15) is 30.3 Å². The first-order valence-electron chi connectivity index (χ1n) is 24.6. The zero-order valence-electron chi connectivity index (χ0n) is 39.8. The average molecular weight is 929 g/mol. The van der Waals surface area contributed by atoms with E-state index < -0.39 is 59.9 Å². The fourth-order valence-electron chi connectivity index (χ4n) is 7.53. The van der Waals surface area contributed by atoms with Gasteiger partial charge in [0.1, 0.15) is 6.10 Å². The van der Waals surface area contributed by atoms with Gasteiger partial charge in [-0.05, 0) is 57.2 Å². The molecule has 7 atom stereocenters. The molecule has 0 bridgehead atoms. The van der Waals surface area contributed by atoms with Crippen LogP contribution in [0.4, 0.5) is 0 Å². The van der Waals surface area contributed by atoms with Crippen molar-refractivity contribution in [2.75, 3.05) is 13.2 Å². The molecule has 63 heavy (non-hydrogen) atoms. The first-order chi connectivity index (χ1) is 29.8. The van der Waals surface area contributed by atoms with Gasteiger partial charge in [0.2, 0.25) is 16.3 Å². The number of ether oxygens (including phenoxy) is 2. The van der Waals surface area contributed by atoms with E-state index in [0.29, 0.717) is 12.8 Å². The van der Waals surface area contributed by atoms with Crippen LogP contribution in [0.3, 0.4) is 0 Å². The van der Waals surface area contributed by atoms with Gasteiger partial charge in [-0.3, -0.25) is 15.8 Å². The maximum Gasteiger partial charge on any atom is 1.00 e. The number of aliphatic hydroxyl groups is 5. The van der Waals surface area contributed by atoms with Crippen molar-refractivity contribution in [3.05, 3.63) is 30.7 Å². The molecule has 1 aliphatic rings. The summed E-state index contributed by atoms with van der Waals surface area (Å²) in [5, 5.41) is 54.8. The Bertz CT molecular complexity index is 1170. The van der Waals surface area contributed by atoms with Crippen LogP contribution in [0.25, 0.3) is 0 Å². The molecule has 0 aliphatic carbocycles. The molecule has 0 aromatic heterocycles. The van der Waals surface area contributed by atoms with E-state index in [4.69, 9.17) is 27.0 Å². The van der Waals surface area contributed by atoms with E-state index in [1.165, 1.54) is 148 Å². The molecule has 0 aromatic carbocycles. The summed E-state index contributed by atoms with van der Waals surface area (Å²) in [6.45, 7) is 3.82. The van der Waals surface area contributed by atoms with Crippen LogP contribution >= 0.6 is 0 Å². The SMILES string of the molecule is CCCCC/C=C\C/C=C\CCCCCCCCCCCCCC(=O)N[C@@H](COC1OC(CO)C(O)[CH-]C1O)[C@H](O)[C@H](O)CCCCCCCCCCCCCC.O=S(=O)([O-])O.[Na+]. The van der Waals surface area contributed by atoms with Crippen molar-refractivity contribution < 1.29 is 86.9 Å². The first kappa shape index (κ1) is 64.6. The topological polar surface area (TPSA) is 226 Å². The molecule has 1 heterocycles. The predicted molar refractivity (Wildman–Crippen MR) is 247 cm³/mol. The molecule has 368 valence electrons. The normalized spacial score (nSPS) is 19.4. The Labute approximate surface area is 405 Å². The zero-order valence-corrected chi connectivity index (χ0v) is 42.6. The number of rotatable bonds is 40. The Morgan fingerprint density at radius 3 is 1.59 bits per heavy atom. The molecule has 13 nitrogen and oxygen atoms in total. The molecule has 15 heteroatoms. The minimum absolute atomic E-state index is 0. The number of carbonyl (C=O) groups is 1. The molecule has 0 spiro atoms. The summed E-state index contributed by atoms with van der Waals surface area (Å²) >= 11 is 0. The summed E-state index contributed by atoms with van der Waals surface area (Å²) in [5.41, 5.74) is 0. The summed E-state index contributed by atoms with van der Waals surface area (Å²) < 4.78 is 44.1. The van der Waals surface area contributed by atoms with Crippen molar-refractivity contribution >= 4 is 16.3 Å². The van der Waals surface area contributed by atoms with Gasteiger partial charge in [0, 0.05) is 6.42 Å². The van der Waals surface area contributed by atoms with E-state index in [1.807, 2.05) is 0 Å². The Balaban J connectivity index is 0. The molecule has 1 fully saturated rings. The maximum absolute atomic E-state index is 13.0. The third-order valence-corrected chi connectivity index (χ3v) is 11.3. The summed E-state index contributed by atoms with van der Waals surface area (Å²) in [5.74, 6) is -0.217. The average Bonchev–Trinajstić information content (AvgIpc) is 3.22. The van der Waals surface area contributed by atoms with Crippen LogP contribution in [-0.4, -0.2) is 105 Å². The van der Waals surface area contributed by atoms with Gasteiger partial charge in [0.25, 0.3) is 0 Å². The second-order valence-corrected chi connectivity index (χ2v) is 18.0. The standard InChI is InChI=1S/C48H90NO8.Na.H2O4S/c1-3-5-7-9-11-13-15-17-18-19-20-21-22-23-24-25-27-29-31-33-35-37-46(54)49-41(40-56-48-44(53)38-43(52)45(39-50)57-48)47(55)42(51)36-34-32-30-28-26-16-14-12-10-8-6-4-2;;1-5(2,3)4/h11,13,17-18,38,41-45,47-48,50-53,55H,3-10,12,14-16,19-37,39-40H2,1-2H3,(H,49,54);;(H2,1,2,3,4)/q-1;+1;/p-1/b13-11-,18-17-;;/t41-,42+,43?,44?,45?,47-,48?;;/m0../s1. The molecule has 1 amide bonds. The van der Waals surface area contributed by atoms with Gasteiger partial charge in [-0.25, -0.2) is 8.42 Å². The van der Waals surface area contributed by atoms with E-state index in [0.717, 1.165) is 44.9 Å². The van der Waals surface area contributed by atoms with Crippen molar-refractivity contribution in [2.24, 2.45) is 0 Å². The van der Waals surface area contributed by atoms with Crippen LogP contribution in [0.2, 0.25) is 0 Å². The summed E-state index contributed by atoms with van der Waals surface area (Å²) in [6, 6.07) is -0.913. The number of hydrogen-bond acceptors (Lipinski definition) is 11. The van der Waals surface area contributed by atoms with Gasteiger partial charge >= 0.3 is 29.6 Å². The van der Waals surface area contributed by atoms with E-state index in [-0.39, 0.29) is 42.1 Å². The molecule has 1 saturated heterocycles. The molecule has 0 radical (unpaired) electrons. The van der Waals surface area contributed by atoms with Crippen molar-refractivity contribution in [1.82, 2.24) is 5.32 Å². The largest absolute Gasteiger partial charge is 1.00 e. The van der Waals surface area contributed by atoms with Crippen LogP contribution < -0.4 is 34.9 Å². The summed E-state index contributed by atoms with van der Waals surface area (Å²) in [7, 11) is -4.92. The number of amides is 1. The van der Waals surface area contributed by atoms with Gasteiger partial charge < -0.3 is 44.9 Å². The molecule has 1 aliphatic heterocycles. The third-order valence-electron chi connectivity index (χ3n) is 11.3. The zero-order chi connectivity index (χ0) is 46.1. The predicted octanol–water partition coefficient (Wildman–Crippen LogP) is 6.11. The van der Waals surface area contributed by atoms with Crippen LogP contribution in [0, 0.1) is 6.42 Å². The van der Waals surface area contributed by atoms with Crippen molar-refractivity contribution in [1.29, 1.82) is 0 Å². The molecular formula is C48H91NNaO12S-. The van der Waals surface area contributed by atoms with Gasteiger partial charge in [-0.2, -0.15) is 0 Å². The van der Waals surface area contributed by atoms with Gasteiger partial charge in [-0.1, -0.05) is 186 Å². The molecule has 1 rings (SSSR count). The van der Waals surface area contributed by atoms with Crippen molar-refractivity contribution in [3.8, 4) is 0 Å². The van der Waals surface area contributed by atoms with E-state index in [2.05, 4.69) is 43.5 Å². The first-order valence-corrected chi connectivity index (χ1v) is 25.9. The monoisotopic (exact) mass is 929 g/mol. The Morgan fingerprint density at radius 1 is 0.698 bits per heavy atom. The summed E-state index contributed by atoms with van der Waals surface area (Å²) in [6.07, 6.45) is 39.2. The number of hydrogen-bond donors (Lipinski definition) is 7. The third kappa shape index (κ3) is 42.6. The number of allylic oxidation sites excluding steroid dienone is 4. The van der Waals surface area contributed by atoms with Gasteiger partial charge in [0.15, 0.2) is 6.29 Å². The smallest absolute Gasteiger partial charge is 0.726 e. The maximum atomic E-state index is 13.0. The number of nitrogens with one attached hydrogen (secondary N) is 1. The molecule has 0 saturated carbocycles. The number of carbonyl (C=O) groups excluding carboxylic acids is 1. The quantitative estimate of drug-likeness (QED) is 0.00924. The number of aliphatic hydroxyl groups excluding tert-OH is 5. The Hall–Kier alpha value is -0.460. The van der Waals surface area contributed by atoms with E-state index in [1.54, 1.807) is 0 Å². The fourth-order valence-corrected chi connectivity index (χ4v) is 7.53.